The third kappa shape index (κ3) is 3.67. The summed E-state index contributed by atoms with van der Waals surface area (Å²) in [6, 6.07) is 13.6. The number of ether oxygens (including phenoxy) is 1. The fraction of sp³-hybridized carbons (Fsp3) is 0.292. The molecule has 0 amide bonds. The highest BCUT2D eigenvalue weighted by atomic mass is 19.1. The molecule has 1 saturated heterocycles. The van der Waals surface area contributed by atoms with Gasteiger partial charge in [0.25, 0.3) is 5.56 Å². The van der Waals surface area contributed by atoms with Crippen molar-refractivity contribution in [3.63, 3.8) is 0 Å². The first-order chi connectivity index (χ1) is 15.5. The van der Waals surface area contributed by atoms with Crippen LogP contribution in [0.2, 0.25) is 0 Å². The predicted octanol–water partition coefficient (Wildman–Crippen LogP) is 3.02. The second kappa shape index (κ2) is 8.20. The van der Waals surface area contributed by atoms with Crippen LogP contribution in [0.3, 0.4) is 0 Å². The number of aromatic nitrogens is 4. The monoisotopic (exact) mass is 434 g/mol. The number of aryl methyl sites for hydroxylation is 1. The Labute approximate surface area is 183 Å². The zero-order valence-electron chi connectivity index (χ0n) is 17.7. The summed E-state index contributed by atoms with van der Waals surface area (Å²) in [5, 5.41) is 0. The highest BCUT2D eigenvalue weighted by molar-refractivity contribution is 5.72. The summed E-state index contributed by atoms with van der Waals surface area (Å²) in [6.45, 7) is 3.24. The first-order valence-corrected chi connectivity index (χ1v) is 10.6. The smallest absolute Gasteiger partial charge is 0.337 e. The molecule has 0 N–H and O–H groups in total. The van der Waals surface area contributed by atoms with E-state index >= 15 is 0 Å². The number of nitrogens with zero attached hydrogens (tertiary/aromatic N) is 4. The molecule has 5 rings (SSSR count). The van der Waals surface area contributed by atoms with Crippen LogP contribution in [0.4, 0.5) is 4.39 Å². The molecular weight excluding hydrogens is 411 g/mol. The molecule has 0 bridgehead atoms. The molecule has 32 heavy (non-hydrogen) atoms. The van der Waals surface area contributed by atoms with E-state index in [1.54, 1.807) is 10.9 Å². The highest BCUT2D eigenvalue weighted by Crippen LogP contribution is 2.17. The molecule has 0 radical (unpaired) electrons. The lowest BCUT2D eigenvalue weighted by Gasteiger charge is -2.15. The highest BCUT2D eigenvalue weighted by Gasteiger charge is 2.23. The Hall–Kier alpha value is -3.52. The van der Waals surface area contributed by atoms with Crippen LogP contribution < -0.4 is 11.2 Å². The summed E-state index contributed by atoms with van der Waals surface area (Å²) < 4.78 is 23.6. The molecule has 0 spiro atoms. The van der Waals surface area contributed by atoms with Gasteiger partial charge in [-0.2, -0.15) is 0 Å². The Morgan fingerprint density at radius 2 is 1.97 bits per heavy atom. The second-order valence-electron chi connectivity index (χ2n) is 8.18. The van der Waals surface area contributed by atoms with Crippen molar-refractivity contribution in [3.8, 4) is 5.69 Å². The van der Waals surface area contributed by atoms with Crippen LogP contribution in [0.1, 0.15) is 24.0 Å². The van der Waals surface area contributed by atoms with Gasteiger partial charge in [-0.3, -0.25) is 9.36 Å². The zero-order chi connectivity index (χ0) is 22.2. The topological polar surface area (TPSA) is 71.1 Å². The van der Waals surface area contributed by atoms with Gasteiger partial charge in [-0.15, -0.1) is 0 Å². The van der Waals surface area contributed by atoms with E-state index < -0.39 is 17.1 Å². The van der Waals surface area contributed by atoms with Gasteiger partial charge in [-0.05, 0) is 49.6 Å². The van der Waals surface area contributed by atoms with E-state index in [0.29, 0.717) is 24.4 Å². The maximum atomic E-state index is 13.5. The van der Waals surface area contributed by atoms with E-state index in [4.69, 9.17) is 4.74 Å². The first kappa shape index (κ1) is 20.4. The Balaban J connectivity index is 1.72. The number of rotatable bonds is 5. The average Bonchev–Trinajstić information content (AvgIpc) is 3.43. The van der Waals surface area contributed by atoms with Crippen LogP contribution in [0.15, 0.2) is 64.4 Å². The maximum Gasteiger partial charge on any atom is 0.337 e. The summed E-state index contributed by atoms with van der Waals surface area (Å²) in [5.41, 5.74) is 2.26. The third-order valence-electron chi connectivity index (χ3n) is 5.83. The van der Waals surface area contributed by atoms with E-state index in [0.717, 1.165) is 24.0 Å². The Bertz CT molecular complexity index is 1400. The van der Waals surface area contributed by atoms with Gasteiger partial charge in [-0.1, -0.05) is 29.8 Å². The maximum absolute atomic E-state index is 13.5. The third-order valence-corrected chi connectivity index (χ3v) is 5.83. The van der Waals surface area contributed by atoms with E-state index in [2.05, 4.69) is 4.98 Å². The summed E-state index contributed by atoms with van der Waals surface area (Å²) in [5.74, 6) is -0.407. The van der Waals surface area contributed by atoms with Crippen molar-refractivity contribution >= 4 is 11.2 Å². The van der Waals surface area contributed by atoms with Crippen LogP contribution in [-0.4, -0.2) is 31.4 Å². The lowest BCUT2D eigenvalue weighted by Crippen LogP contribution is -2.42. The number of benzene rings is 2. The molecular formula is C24H23FN4O3. The Morgan fingerprint density at radius 1 is 1.16 bits per heavy atom. The zero-order valence-corrected chi connectivity index (χ0v) is 17.7. The van der Waals surface area contributed by atoms with E-state index in [1.807, 2.05) is 31.2 Å². The molecule has 1 fully saturated rings. The SMILES string of the molecule is Cc1cccc(Cn2cnc3c2c(=O)n(CC2CCCO2)c(=O)n3-c2ccc(F)cc2)c1. The minimum absolute atomic E-state index is 0.171. The summed E-state index contributed by atoms with van der Waals surface area (Å²) in [7, 11) is 0. The van der Waals surface area contributed by atoms with Gasteiger partial charge < -0.3 is 9.30 Å². The van der Waals surface area contributed by atoms with E-state index in [1.165, 1.54) is 33.4 Å². The fourth-order valence-corrected chi connectivity index (χ4v) is 4.28. The number of halogens is 1. The lowest BCUT2D eigenvalue weighted by atomic mass is 10.1. The van der Waals surface area contributed by atoms with Crippen LogP contribution in [-0.2, 0) is 17.8 Å². The lowest BCUT2D eigenvalue weighted by molar-refractivity contribution is 0.0950. The number of fused-ring (bicyclic) bond motifs is 1. The van der Waals surface area contributed by atoms with Gasteiger partial charge in [0.1, 0.15) is 5.82 Å². The van der Waals surface area contributed by atoms with Gasteiger partial charge >= 0.3 is 5.69 Å². The van der Waals surface area contributed by atoms with Gasteiger partial charge in [0.05, 0.1) is 24.7 Å². The van der Waals surface area contributed by atoms with Crippen molar-refractivity contribution in [3.05, 3.63) is 92.6 Å². The molecule has 2 aromatic carbocycles. The quantitative estimate of drug-likeness (QED) is 0.484. The molecule has 4 aromatic rings. The molecule has 7 nitrogen and oxygen atoms in total. The number of imidazole rings is 1. The van der Waals surface area contributed by atoms with Gasteiger partial charge in [0, 0.05) is 13.2 Å². The van der Waals surface area contributed by atoms with Gasteiger partial charge in [0.2, 0.25) is 0 Å². The molecule has 0 saturated carbocycles. The molecule has 8 heteroatoms. The van der Waals surface area contributed by atoms with Crippen molar-refractivity contribution in [1.82, 2.24) is 18.7 Å². The van der Waals surface area contributed by atoms with Crippen molar-refractivity contribution < 1.29 is 9.13 Å². The molecule has 3 heterocycles. The molecule has 0 aliphatic carbocycles. The van der Waals surface area contributed by atoms with Crippen molar-refractivity contribution in [2.24, 2.45) is 0 Å². The average molecular weight is 434 g/mol. The van der Waals surface area contributed by atoms with E-state index in [9.17, 15) is 14.0 Å². The fourth-order valence-electron chi connectivity index (χ4n) is 4.28. The summed E-state index contributed by atoms with van der Waals surface area (Å²) in [6.07, 6.45) is 3.08. The van der Waals surface area contributed by atoms with Crippen molar-refractivity contribution in [2.45, 2.75) is 39.0 Å². The van der Waals surface area contributed by atoms with Crippen LogP contribution in [0.25, 0.3) is 16.9 Å². The molecule has 2 aromatic heterocycles. The van der Waals surface area contributed by atoms with Crippen molar-refractivity contribution in [1.29, 1.82) is 0 Å². The number of hydrogen-bond acceptors (Lipinski definition) is 4. The first-order valence-electron chi connectivity index (χ1n) is 10.6. The molecule has 1 unspecified atom stereocenters. The van der Waals surface area contributed by atoms with E-state index in [-0.39, 0.29) is 18.3 Å². The standard InChI is InChI=1S/C24H23FN4O3/c1-16-4-2-5-17(12-16)13-27-15-26-22-21(27)23(30)28(14-20-6-3-11-32-20)24(31)29(22)19-9-7-18(25)8-10-19/h2,4-5,7-10,12,15,20H,3,6,11,13-14H2,1H3. The molecule has 1 aliphatic heterocycles. The molecule has 164 valence electrons. The second-order valence-corrected chi connectivity index (χ2v) is 8.18. The minimum atomic E-state index is -0.509. The van der Waals surface area contributed by atoms with Crippen molar-refractivity contribution in [2.75, 3.05) is 6.61 Å². The van der Waals surface area contributed by atoms with Crippen LogP contribution in [0, 0.1) is 12.7 Å². The number of hydrogen-bond donors (Lipinski definition) is 0. The largest absolute Gasteiger partial charge is 0.376 e. The molecule has 1 aliphatic rings. The Morgan fingerprint density at radius 3 is 2.69 bits per heavy atom. The van der Waals surface area contributed by atoms with Crippen LogP contribution in [0.5, 0.6) is 0 Å². The molecule has 1 atom stereocenters. The van der Waals surface area contributed by atoms with Crippen LogP contribution >= 0.6 is 0 Å². The Kier molecular flexibility index (Phi) is 5.22. The minimum Gasteiger partial charge on any atom is -0.376 e. The normalized spacial score (nSPS) is 16.1. The van der Waals surface area contributed by atoms with Gasteiger partial charge in [0.15, 0.2) is 11.2 Å². The predicted molar refractivity (Wildman–Crippen MR) is 119 cm³/mol. The summed E-state index contributed by atoms with van der Waals surface area (Å²) >= 11 is 0. The van der Waals surface area contributed by atoms with Gasteiger partial charge in [-0.25, -0.2) is 18.7 Å². The summed E-state index contributed by atoms with van der Waals surface area (Å²) in [4.78, 5) is 31.3.